The van der Waals surface area contributed by atoms with Crippen molar-refractivity contribution in [1.29, 1.82) is 0 Å². The van der Waals surface area contributed by atoms with E-state index in [2.05, 4.69) is 0 Å². The molecule has 1 atom stereocenters. The molecule has 0 amide bonds. The second kappa shape index (κ2) is 4.44. The van der Waals surface area contributed by atoms with Crippen LogP contribution in [0, 0.1) is 5.41 Å². The van der Waals surface area contributed by atoms with Gasteiger partial charge in [0.15, 0.2) is 5.41 Å². The van der Waals surface area contributed by atoms with E-state index in [1.807, 2.05) is 31.2 Å². The monoisotopic (exact) mass is 248 g/mol. The molecule has 0 bridgehead atoms. The van der Waals surface area contributed by atoms with Crippen molar-refractivity contribution in [3.63, 3.8) is 0 Å². The van der Waals surface area contributed by atoms with Crippen LogP contribution in [-0.4, -0.2) is 26.2 Å². The van der Waals surface area contributed by atoms with Crippen LogP contribution in [0.2, 0.25) is 0 Å². The number of carbonyl (C=O) groups excluding carboxylic acids is 2. The van der Waals surface area contributed by atoms with Crippen LogP contribution in [-0.2, 0) is 25.5 Å². The highest BCUT2D eigenvalue weighted by molar-refractivity contribution is 6.02. The lowest BCUT2D eigenvalue weighted by molar-refractivity contribution is -0.170. The van der Waals surface area contributed by atoms with Crippen molar-refractivity contribution in [2.45, 2.75) is 19.3 Å². The van der Waals surface area contributed by atoms with Gasteiger partial charge in [0, 0.05) is 12.3 Å². The molecule has 0 N–H and O–H groups in total. The summed E-state index contributed by atoms with van der Waals surface area (Å²) in [6.45, 7) is 1.86. The van der Waals surface area contributed by atoms with Gasteiger partial charge in [-0.05, 0) is 11.1 Å². The Balaban J connectivity index is 2.53. The number of fused-ring (bicyclic) bond motifs is 1. The van der Waals surface area contributed by atoms with Crippen molar-refractivity contribution >= 4 is 11.9 Å². The Morgan fingerprint density at radius 3 is 2.22 bits per heavy atom. The first-order valence-electron chi connectivity index (χ1n) is 5.82. The Morgan fingerprint density at radius 1 is 1.17 bits per heavy atom. The average Bonchev–Trinajstić information content (AvgIpc) is 2.72. The van der Waals surface area contributed by atoms with E-state index in [0.29, 0.717) is 6.42 Å². The zero-order valence-electron chi connectivity index (χ0n) is 10.7. The van der Waals surface area contributed by atoms with Gasteiger partial charge >= 0.3 is 11.9 Å². The molecule has 0 heterocycles. The van der Waals surface area contributed by atoms with Crippen LogP contribution in [0.4, 0.5) is 0 Å². The first-order chi connectivity index (χ1) is 8.57. The van der Waals surface area contributed by atoms with Gasteiger partial charge in [-0.25, -0.2) is 0 Å². The van der Waals surface area contributed by atoms with Crippen LogP contribution in [0.25, 0.3) is 0 Å². The summed E-state index contributed by atoms with van der Waals surface area (Å²) in [4.78, 5) is 24.2. The van der Waals surface area contributed by atoms with E-state index in [0.717, 1.165) is 11.1 Å². The molecule has 2 rings (SSSR count). The molecule has 18 heavy (non-hydrogen) atoms. The number of carbonyl (C=O) groups is 2. The molecule has 96 valence electrons. The van der Waals surface area contributed by atoms with Crippen molar-refractivity contribution in [1.82, 2.24) is 0 Å². The highest BCUT2D eigenvalue weighted by Crippen LogP contribution is 2.48. The molecule has 0 spiro atoms. The topological polar surface area (TPSA) is 52.6 Å². The molecule has 0 radical (unpaired) electrons. The number of methoxy groups -OCH3 is 2. The van der Waals surface area contributed by atoms with Crippen LogP contribution < -0.4 is 0 Å². The second-order valence-electron chi connectivity index (χ2n) is 4.55. The fraction of sp³-hybridized carbons (Fsp3) is 0.429. The molecule has 1 aromatic rings. The highest BCUT2D eigenvalue weighted by Gasteiger charge is 2.57. The highest BCUT2D eigenvalue weighted by atomic mass is 16.5. The van der Waals surface area contributed by atoms with Crippen LogP contribution in [0.15, 0.2) is 24.3 Å². The summed E-state index contributed by atoms with van der Waals surface area (Å²) < 4.78 is 9.64. The normalized spacial score (nSPS) is 20.1. The quantitative estimate of drug-likeness (QED) is 0.590. The summed E-state index contributed by atoms with van der Waals surface area (Å²) in [5.41, 5.74) is 0.766. The lowest BCUT2D eigenvalue weighted by Crippen LogP contribution is -2.44. The van der Waals surface area contributed by atoms with E-state index >= 15 is 0 Å². The van der Waals surface area contributed by atoms with Crippen molar-refractivity contribution in [2.24, 2.45) is 5.41 Å². The molecule has 1 aromatic carbocycles. The van der Waals surface area contributed by atoms with Crippen LogP contribution in [0.3, 0.4) is 0 Å². The minimum atomic E-state index is -1.24. The van der Waals surface area contributed by atoms with Gasteiger partial charge in [-0.2, -0.15) is 0 Å². The SMILES string of the molecule is COC(=O)C1(C(=O)OC)Cc2ccccc2[C@H]1C. The van der Waals surface area contributed by atoms with E-state index in [4.69, 9.17) is 9.47 Å². The number of ether oxygens (including phenoxy) is 2. The predicted octanol–water partition coefficient (Wildman–Crippen LogP) is 1.68. The minimum absolute atomic E-state index is 0.242. The lowest BCUT2D eigenvalue weighted by atomic mass is 9.77. The maximum Gasteiger partial charge on any atom is 0.324 e. The first-order valence-corrected chi connectivity index (χ1v) is 5.82. The number of benzene rings is 1. The Kier molecular flexibility index (Phi) is 3.11. The molecule has 0 unspecified atom stereocenters. The van der Waals surface area contributed by atoms with Gasteiger partial charge in [0.25, 0.3) is 0 Å². The van der Waals surface area contributed by atoms with Crippen LogP contribution >= 0.6 is 0 Å². The molecule has 1 aliphatic carbocycles. The van der Waals surface area contributed by atoms with E-state index in [1.165, 1.54) is 14.2 Å². The zero-order valence-corrected chi connectivity index (χ0v) is 10.7. The first kappa shape index (κ1) is 12.6. The van der Waals surface area contributed by atoms with Crippen LogP contribution in [0.1, 0.15) is 24.0 Å². The van der Waals surface area contributed by atoms with E-state index in [-0.39, 0.29) is 5.92 Å². The van der Waals surface area contributed by atoms with Gasteiger partial charge in [-0.1, -0.05) is 31.2 Å². The Bertz CT molecular complexity index is 476. The van der Waals surface area contributed by atoms with Gasteiger partial charge in [0.1, 0.15) is 0 Å². The summed E-state index contributed by atoms with van der Waals surface area (Å²) in [6, 6.07) is 7.67. The third kappa shape index (κ3) is 1.52. The number of hydrogen-bond donors (Lipinski definition) is 0. The molecule has 0 aromatic heterocycles. The molecule has 0 fully saturated rings. The molecule has 4 nitrogen and oxygen atoms in total. The van der Waals surface area contributed by atoms with Gasteiger partial charge in [0.05, 0.1) is 14.2 Å². The van der Waals surface area contributed by atoms with Crippen molar-refractivity contribution in [3.05, 3.63) is 35.4 Å². The van der Waals surface area contributed by atoms with Crippen molar-refractivity contribution in [3.8, 4) is 0 Å². The molecule has 0 saturated carbocycles. The van der Waals surface area contributed by atoms with Crippen molar-refractivity contribution in [2.75, 3.05) is 14.2 Å². The standard InChI is InChI=1S/C14H16O4/c1-9-11-7-5-4-6-10(11)8-14(9,12(15)17-2)13(16)18-3/h4-7,9H,8H2,1-3H3/t9-/m1/s1. The van der Waals surface area contributed by atoms with Crippen LogP contribution in [0.5, 0.6) is 0 Å². The lowest BCUT2D eigenvalue weighted by Gasteiger charge is -2.27. The number of esters is 2. The van der Waals surface area contributed by atoms with E-state index in [1.54, 1.807) is 0 Å². The van der Waals surface area contributed by atoms with Gasteiger partial charge in [-0.3, -0.25) is 9.59 Å². The maximum absolute atomic E-state index is 12.1. The maximum atomic E-state index is 12.1. The fourth-order valence-electron chi connectivity index (χ4n) is 2.78. The summed E-state index contributed by atoms with van der Waals surface area (Å²) in [5.74, 6) is -1.30. The van der Waals surface area contributed by atoms with E-state index < -0.39 is 17.4 Å². The fourth-order valence-corrected chi connectivity index (χ4v) is 2.78. The summed E-state index contributed by atoms with van der Waals surface area (Å²) >= 11 is 0. The summed E-state index contributed by atoms with van der Waals surface area (Å²) in [7, 11) is 2.59. The largest absolute Gasteiger partial charge is 0.468 e. The van der Waals surface area contributed by atoms with Gasteiger partial charge in [0.2, 0.25) is 0 Å². The molecular formula is C14H16O4. The average molecular weight is 248 g/mol. The van der Waals surface area contributed by atoms with Gasteiger partial charge < -0.3 is 9.47 Å². The third-order valence-electron chi connectivity index (χ3n) is 3.83. The number of hydrogen-bond acceptors (Lipinski definition) is 4. The summed E-state index contributed by atoms with van der Waals surface area (Å²) in [6.07, 6.45) is 0.337. The minimum Gasteiger partial charge on any atom is -0.468 e. The smallest absolute Gasteiger partial charge is 0.324 e. The molecule has 1 aliphatic rings. The molecule has 4 heteroatoms. The van der Waals surface area contributed by atoms with Gasteiger partial charge in [-0.15, -0.1) is 0 Å². The molecular weight excluding hydrogens is 232 g/mol. The number of rotatable bonds is 2. The Labute approximate surface area is 106 Å². The third-order valence-corrected chi connectivity index (χ3v) is 3.83. The Morgan fingerprint density at radius 2 is 1.72 bits per heavy atom. The van der Waals surface area contributed by atoms with E-state index in [9.17, 15) is 9.59 Å². The predicted molar refractivity (Wildman–Crippen MR) is 65.0 cm³/mol. The second-order valence-corrected chi connectivity index (χ2v) is 4.55. The zero-order chi connectivity index (χ0) is 13.3. The molecule has 0 saturated heterocycles. The molecule has 0 aliphatic heterocycles. The van der Waals surface area contributed by atoms with Crippen molar-refractivity contribution < 1.29 is 19.1 Å². The summed E-state index contributed by atoms with van der Waals surface area (Å²) in [5, 5.41) is 0. The Hall–Kier alpha value is -1.84.